The summed E-state index contributed by atoms with van der Waals surface area (Å²) in [6.07, 6.45) is 0.449. The maximum Gasteiger partial charge on any atom is 0.323 e. The highest BCUT2D eigenvalue weighted by Gasteiger charge is 2.31. The number of nitrogens with zero attached hydrogens (tertiary/aromatic N) is 1. The number of nitrogens with two attached hydrogens (primary N) is 1. The van der Waals surface area contributed by atoms with Gasteiger partial charge in [-0.2, -0.15) is 0 Å². The van der Waals surface area contributed by atoms with Crippen molar-refractivity contribution in [2.24, 2.45) is 5.73 Å². The molecular weight excluding hydrogens is 240 g/mol. The second-order valence-electron chi connectivity index (χ2n) is 3.93. The van der Waals surface area contributed by atoms with Crippen LogP contribution >= 0.6 is 12.2 Å². The van der Waals surface area contributed by atoms with Gasteiger partial charge in [0.05, 0.1) is 13.2 Å². The molecule has 0 aromatic carbocycles. The third kappa shape index (κ3) is 3.90. The molecule has 98 valence electrons. The molecule has 17 heavy (non-hydrogen) atoms. The smallest absolute Gasteiger partial charge is 0.323 e. The van der Waals surface area contributed by atoms with Crippen LogP contribution in [0.4, 0.5) is 0 Å². The highest BCUT2D eigenvalue weighted by molar-refractivity contribution is 7.80. The maximum atomic E-state index is 11.8. The van der Waals surface area contributed by atoms with Gasteiger partial charge in [-0.1, -0.05) is 19.1 Å². The molecule has 5 nitrogen and oxygen atoms in total. The Morgan fingerprint density at radius 2 is 2.35 bits per heavy atom. The number of hydrogen-bond acceptors (Lipinski definition) is 5. The Morgan fingerprint density at radius 3 is 2.88 bits per heavy atom. The van der Waals surface area contributed by atoms with Crippen molar-refractivity contribution in [3.63, 3.8) is 0 Å². The standard InChI is InChI=1S/C11H20N2O3S/c1-3-8(11(14)15-4-2)13-5-6-16-9(7-13)10(12)17/h8-9H,3-7H2,1-2H3,(H2,12,17). The maximum absolute atomic E-state index is 11.8. The van der Waals surface area contributed by atoms with Gasteiger partial charge in [0.1, 0.15) is 17.1 Å². The fourth-order valence-electron chi connectivity index (χ4n) is 1.94. The molecule has 0 aromatic rings. The van der Waals surface area contributed by atoms with Gasteiger partial charge in [0.15, 0.2) is 0 Å². The van der Waals surface area contributed by atoms with E-state index in [1.807, 2.05) is 18.7 Å². The van der Waals surface area contributed by atoms with E-state index >= 15 is 0 Å². The fraction of sp³-hybridized carbons (Fsp3) is 0.818. The molecule has 0 bridgehead atoms. The first-order valence-electron chi connectivity index (χ1n) is 5.91. The van der Waals surface area contributed by atoms with Gasteiger partial charge >= 0.3 is 5.97 Å². The summed E-state index contributed by atoms with van der Waals surface area (Å²) in [5.41, 5.74) is 5.57. The molecule has 0 aromatic heterocycles. The topological polar surface area (TPSA) is 64.8 Å². The second-order valence-corrected chi connectivity index (χ2v) is 4.40. The zero-order valence-electron chi connectivity index (χ0n) is 10.3. The Bertz CT molecular complexity index is 286. The fourth-order valence-corrected chi connectivity index (χ4v) is 2.08. The van der Waals surface area contributed by atoms with Crippen LogP contribution in [0, 0.1) is 0 Å². The molecule has 1 heterocycles. The average molecular weight is 260 g/mol. The Labute approximate surface area is 107 Å². The van der Waals surface area contributed by atoms with Crippen molar-refractivity contribution < 1.29 is 14.3 Å². The van der Waals surface area contributed by atoms with Crippen LogP contribution in [-0.2, 0) is 14.3 Å². The van der Waals surface area contributed by atoms with E-state index in [0.717, 1.165) is 0 Å². The lowest BCUT2D eigenvalue weighted by Crippen LogP contribution is -2.53. The number of carbonyl (C=O) groups excluding carboxylic acids is 1. The van der Waals surface area contributed by atoms with Crippen LogP contribution in [0.25, 0.3) is 0 Å². The predicted molar refractivity (Wildman–Crippen MR) is 68.8 cm³/mol. The Hall–Kier alpha value is -0.720. The van der Waals surface area contributed by atoms with Crippen LogP contribution in [0.3, 0.4) is 0 Å². The number of morpholine rings is 1. The highest BCUT2D eigenvalue weighted by atomic mass is 32.1. The van der Waals surface area contributed by atoms with E-state index in [9.17, 15) is 4.79 Å². The zero-order chi connectivity index (χ0) is 12.8. The number of thiocarbonyl (C=S) groups is 1. The van der Waals surface area contributed by atoms with Crippen LogP contribution < -0.4 is 5.73 Å². The monoisotopic (exact) mass is 260 g/mol. The zero-order valence-corrected chi connectivity index (χ0v) is 11.2. The minimum Gasteiger partial charge on any atom is -0.465 e. The van der Waals surface area contributed by atoms with Crippen molar-refractivity contribution in [1.29, 1.82) is 0 Å². The van der Waals surface area contributed by atoms with Crippen molar-refractivity contribution in [3.8, 4) is 0 Å². The van der Waals surface area contributed by atoms with E-state index in [2.05, 4.69) is 0 Å². The first kappa shape index (κ1) is 14.3. The number of rotatable bonds is 5. The largest absolute Gasteiger partial charge is 0.465 e. The second kappa shape index (κ2) is 6.88. The molecule has 0 amide bonds. The van der Waals surface area contributed by atoms with Gasteiger partial charge in [0.25, 0.3) is 0 Å². The minimum atomic E-state index is -0.262. The van der Waals surface area contributed by atoms with Crippen LogP contribution in [0.5, 0.6) is 0 Å². The van der Waals surface area contributed by atoms with Crippen molar-refractivity contribution in [1.82, 2.24) is 4.90 Å². The minimum absolute atomic E-state index is 0.182. The van der Waals surface area contributed by atoms with E-state index in [1.54, 1.807) is 0 Å². The lowest BCUT2D eigenvalue weighted by molar-refractivity contribution is -0.152. The lowest BCUT2D eigenvalue weighted by atomic mass is 10.1. The van der Waals surface area contributed by atoms with Gasteiger partial charge in [-0.3, -0.25) is 9.69 Å². The predicted octanol–water partition coefficient (Wildman–Crippen LogP) is 0.315. The number of carbonyl (C=O) groups is 1. The summed E-state index contributed by atoms with van der Waals surface area (Å²) >= 11 is 4.92. The number of esters is 1. The first-order chi connectivity index (χ1) is 8.10. The van der Waals surface area contributed by atoms with Gasteiger partial charge in [-0.15, -0.1) is 0 Å². The van der Waals surface area contributed by atoms with Crippen molar-refractivity contribution in [2.75, 3.05) is 26.3 Å². The molecule has 1 rings (SSSR count). The molecule has 0 saturated carbocycles. The number of ether oxygens (including phenoxy) is 2. The van der Waals surface area contributed by atoms with Gasteiger partial charge in [-0.25, -0.2) is 0 Å². The molecule has 0 aliphatic carbocycles. The first-order valence-corrected chi connectivity index (χ1v) is 6.32. The molecule has 0 spiro atoms. The van der Waals surface area contributed by atoms with E-state index in [4.69, 9.17) is 27.4 Å². The van der Waals surface area contributed by atoms with Gasteiger partial charge in [-0.05, 0) is 13.3 Å². The summed E-state index contributed by atoms with van der Waals surface area (Å²) in [7, 11) is 0. The van der Waals surface area contributed by atoms with E-state index < -0.39 is 0 Å². The molecule has 2 atom stereocenters. The number of hydrogen-bond donors (Lipinski definition) is 1. The van der Waals surface area contributed by atoms with E-state index in [0.29, 0.717) is 37.7 Å². The van der Waals surface area contributed by atoms with Crippen LogP contribution in [-0.4, -0.2) is 54.3 Å². The van der Waals surface area contributed by atoms with Gasteiger partial charge in [0, 0.05) is 13.1 Å². The van der Waals surface area contributed by atoms with E-state index in [-0.39, 0.29) is 18.1 Å². The van der Waals surface area contributed by atoms with Gasteiger partial charge < -0.3 is 15.2 Å². The lowest BCUT2D eigenvalue weighted by Gasteiger charge is -2.36. The summed E-state index contributed by atoms with van der Waals surface area (Å²) in [5, 5.41) is 0. The van der Waals surface area contributed by atoms with Crippen molar-refractivity contribution in [2.45, 2.75) is 32.4 Å². The molecule has 0 radical (unpaired) electrons. The third-order valence-electron chi connectivity index (χ3n) is 2.80. The molecule has 1 fully saturated rings. The molecule has 2 unspecified atom stereocenters. The summed E-state index contributed by atoms with van der Waals surface area (Å²) in [5.74, 6) is -0.182. The summed E-state index contributed by atoms with van der Waals surface area (Å²) in [6.45, 7) is 5.98. The Morgan fingerprint density at radius 1 is 1.65 bits per heavy atom. The summed E-state index contributed by atoms with van der Waals surface area (Å²) < 4.78 is 10.5. The third-order valence-corrected chi connectivity index (χ3v) is 3.06. The molecule has 1 aliphatic heterocycles. The van der Waals surface area contributed by atoms with Crippen molar-refractivity contribution >= 4 is 23.2 Å². The normalized spacial score (nSPS) is 23.1. The van der Waals surface area contributed by atoms with Crippen LogP contribution in [0.1, 0.15) is 20.3 Å². The highest BCUT2D eigenvalue weighted by Crippen LogP contribution is 2.13. The summed E-state index contributed by atoms with van der Waals surface area (Å²) in [6, 6.07) is -0.226. The average Bonchev–Trinajstić information content (AvgIpc) is 2.30. The van der Waals surface area contributed by atoms with Gasteiger partial charge in [0.2, 0.25) is 0 Å². The molecule has 2 N–H and O–H groups in total. The van der Waals surface area contributed by atoms with Crippen LogP contribution in [0.2, 0.25) is 0 Å². The Balaban J connectivity index is 2.62. The SMILES string of the molecule is CCOC(=O)C(CC)N1CCOC(C(N)=S)C1. The quantitative estimate of drug-likeness (QED) is 0.567. The molecule has 6 heteroatoms. The van der Waals surface area contributed by atoms with Crippen molar-refractivity contribution in [3.05, 3.63) is 0 Å². The summed E-state index contributed by atoms with van der Waals surface area (Å²) in [4.78, 5) is 14.2. The molecule has 1 saturated heterocycles. The van der Waals surface area contributed by atoms with Crippen LogP contribution in [0.15, 0.2) is 0 Å². The van der Waals surface area contributed by atoms with E-state index in [1.165, 1.54) is 0 Å². The molecular formula is C11H20N2O3S. The Kier molecular flexibility index (Phi) is 5.80. The molecule has 1 aliphatic rings.